The maximum atomic E-state index is 10.4. The molecule has 23 heavy (non-hydrogen) atoms. The number of hydrogen-bond donors (Lipinski definition) is 4. The first kappa shape index (κ1) is 19.9. The largest absolute Gasteiger partial charge is 0.481 e. The summed E-state index contributed by atoms with van der Waals surface area (Å²) in [6.07, 6.45) is 9.69. The summed E-state index contributed by atoms with van der Waals surface area (Å²) in [7, 11) is 0. The van der Waals surface area contributed by atoms with Gasteiger partial charge in [-0.25, -0.2) is 0 Å². The van der Waals surface area contributed by atoms with Crippen LogP contribution in [0.15, 0.2) is 24.3 Å². The Morgan fingerprint density at radius 1 is 1.22 bits per heavy atom. The van der Waals surface area contributed by atoms with Gasteiger partial charge < -0.3 is 20.4 Å². The van der Waals surface area contributed by atoms with Crippen LogP contribution < -0.4 is 0 Å². The number of hydrogen-bond acceptors (Lipinski definition) is 4. The zero-order valence-corrected chi connectivity index (χ0v) is 13.8. The standard InChI is InChI=1S/C18H30O5/c1-2-3-4-8-14-15(17(21)12-16(14)20)11-10-13(19)7-5-6-9-18(22)23/h3-4,10-11,13-17,19-21H,2,5-9,12H2,1H3,(H,22,23)/b4-3-,11-10+/t13-,14+,15-,16-,17+/m1/s1. The van der Waals surface area contributed by atoms with Crippen LogP contribution in [0.5, 0.6) is 0 Å². The summed E-state index contributed by atoms with van der Waals surface area (Å²) in [5.41, 5.74) is 0. The molecule has 1 aliphatic rings. The Labute approximate surface area is 138 Å². The van der Waals surface area contributed by atoms with Crippen molar-refractivity contribution in [3.8, 4) is 0 Å². The Kier molecular flexibility index (Phi) is 9.14. The number of rotatable bonds is 10. The number of aliphatic hydroxyl groups is 3. The predicted molar refractivity (Wildman–Crippen MR) is 88.9 cm³/mol. The number of carbonyl (C=O) groups is 1. The van der Waals surface area contributed by atoms with Gasteiger partial charge in [-0.3, -0.25) is 4.79 Å². The zero-order chi connectivity index (χ0) is 17.2. The van der Waals surface area contributed by atoms with Gasteiger partial charge in [-0.1, -0.05) is 31.2 Å². The highest BCUT2D eigenvalue weighted by Gasteiger charge is 2.39. The van der Waals surface area contributed by atoms with Gasteiger partial charge in [-0.05, 0) is 38.0 Å². The van der Waals surface area contributed by atoms with Crippen LogP contribution in [0.25, 0.3) is 0 Å². The van der Waals surface area contributed by atoms with Crippen molar-refractivity contribution < 1.29 is 25.2 Å². The van der Waals surface area contributed by atoms with Gasteiger partial charge >= 0.3 is 5.97 Å². The Morgan fingerprint density at radius 2 is 1.96 bits per heavy atom. The summed E-state index contributed by atoms with van der Waals surface area (Å²) in [4.78, 5) is 10.4. The number of carboxylic acid groups (broad SMARTS) is 1. The number of unbranched alkanes of at least 4 members (excludes halogenated alkanes) is 1. The van der Waals surface area contributed by atoms with E-state index in [1.54, 1.807) is 6.08 Å². The summed E-state index contributed by atoms with van der Waals surface area (Å²) >= 11 is 0. The molecular formula is C18H30O5. The first-order valence-electron chi connectivity index (χ1n) is 8.55. The molecule has 1 fully saturated rings. The van der Waals surface area contributed by atoms with Crippen LogP contribution in [0.2, 0.25) is 0 Å². The maximum absolute atomic E-state index is 10.4. The van der Waals surface area contributed by atoms with Crippen LogP contribution in [0, 0.1) is 11.8 Å². The minimum Gasteiger partial charge on any atom is -0.481 e. The molecule has 0 spiro atoms. The third-order valence-electron chi connectivity index (χ3n) is 4.42. The van der Waals surface area contributed by atoms with Gasteiger partial charge in [0, 0.05) is 18.8 Å². The van der Waals surface area contributed by atoms with E-state index < -0.39 is 24.3 Å². The van der Waals surface area contributed by atoms with Crippen LogP contribution >= 0.6 is 0 Å². The zero-order valence-electron chi connectivity index (χ0n) is 13.8. The molecule has 0 bridgehead atoms. The van der Waals surface area contributed by atoms with Gasteiger partial charge in [0.15, 0.2) is 0 Å². The first-order chi connectivity index (χ1) is 11.0. The average Bonchev–Trinajstić information content (AvgIpc) is 2.75. The molecule has 0 aliphatic heterocycles. The van der Waals surface area contributed by atoms with Gasteiger partial charge in [0.05, 0.1) is 18.3 Å². The minimum absolute atomic E-state index is 0.0248. The van der Waals surface area contributed by atoms with Crippen molar-refractivity contribution in [3.63, 3.8) is 0 Å². The Bertz CT molecular complexity index is 404. The molecule has 0 unspecified atom stereocenters. The molecule has 5 atom stereocenters. The fourth-order valence-corrected chi connectivity index (χ4v) is 3.11. The highest BCUT2D eigenvalue weighted by Crippen LogP contribution is 2.36. The summed E-state index contributed by atoms with van der Waals surface area (Å²) in [6.45, 7) is 2.05. The minimum atomic E-state index is -0.818. The second-order valence-corrected chi connectivity index (χ2v) is 6.32. The third-order valence-corrected chi connectivity index (χ3v) is 4.42. The molecule has 0 heterocycles. The van der Waals surface area contributed by atoms with Crippen molar-refractivity contribution in [2.75, 3.05) is 0 Å². The number of allylic oxidation sites excluding steroid dienone is 2. The van der Waals surface area contributed by atoms with Gasteiger partial charge in [0.25, 0.3) is 0 Å². The molecule has 0 radical (unpaired) electrons. The van der Waals surface area contributed by atoms with Crippen LogP contribution in [0.1, 0.15) is 51.9 Å². The topological polar surface area (TPSA) is 98.0 Å². The van der Waals surface area contributed by atoms with Crippen molar-refractivity contribution >= 4 is 5.97 Å². The lowest BCUT2D eigenvalue weighted by Gasteiger charge is -2.19. The van der Waals surface area contributed by atoms with Crippen molar-refractivity contribution in [1.29, 1.82) is 0 Å². The number of aliphatic hydroxyl groups excluding tert-OH is 3. The van der Waals surface area contributed by atoms with Gasteiger partial charge in [0.1, 0.15) is 0 Å². The smallest absolute Gasteiger partial charge is 0.303 e. The molecule has 0 aromatic heterocycles. The normalized spacial score (nSPS) is 29.6. The van der Waals surface area contributed by atoms with Crippen molar-refractivity contribution in [2.45, 2.75) is 70.2 Å². The predicted octanol–water partition coefficient (Wildman–Crippen LogP) is 2.26. The molecule has 1 rings (SSSR count). The average molecular weight is 326 g/mol. The van der Waals surface area contributed by atoms with E-state index in [4.69, 9.17) is 5.11 Å². The van der Waals surface area contributed by atoms with Crippen LogP contribution in [0.3, 0.4) is 0 Å². The molecule has 1 saturated carbocycles. The van der Waals surface area contributed by atoms with Gasteiger partial charge in [-0.15, -0.1) is 0 Å². The van der Waals surface area contributed by atoms with Crippen molar-refractivity contribution in [3.05, 3.63) is 24.3 Å². The lowest BCUT2D eigenvalue weighted by atomic mass is 9.89. The first-order valence-corrected chi connectivity index (χ1v) is 8.55. The van der Waals surface area contributed by atoms with E-state index in [1.165, 1.54) is 0 Å². The van der Waals surface area contributed by atoms with Gasteiger partial charge in [-0.2, -0.15) is 0 Å². The molecule has 0 amide bonds. The highest BCUT2D eigenvalue weighted by molar-refractivity contribution is 5.66. The Balaban J connectivity index is 2.47. The Morgan fingerprint density at radius 3 is 2.61 bits per heavy atom. The monoisotopic (exact) mass is 326 g/mol. The van der Waals surface area contributed by atoms with E-state index in [2.05, 4.69) is 13.0 Å². The fraction of sp³-hybridized carbons (Fsp3) is 0.722. The van der Waals surface area contributed by atoms with E-state index in [9.17, 15) is 20.1 Å². The Hall–Kier alpha value is -1.17. The molecule has 0 aromatic rings. The molecule has 5 heteroatoms. The highest BCUT2D eigenvalue weighted by atomic mass is 16.4. The van der Waals surface area contributed by atoms with E-state index in [-0.39, 0.29) is 18.3 Å². The quantitative estimate of drug-likeness (QED) is 0.365. The fourth-order valence-electron chi connectivity index (χ4n) is 3.11. The number of carboxylic acids is 1. The molecule has 0 aromatic carbocycles. The molecule has 132 valence electrons. The van der Waals surface area contributed by atoms with Crippen LogP contribution in [-0.2, 0) is 4.79 Å². The van der Waals surface area contributed by atoms with E-state index in [0.29, 0.717) is 25.7 Å². The summed E-state index contributed by atoms with van der Waals surface area (Å²) in [5.74, 6) is -0.996. The molecule has 5 nitrogen and oxygen atoms in total. The van der Waals surface area contributed by atoms with E-state index >= 15 is 0 Å². The SMILES string of the molecule is CC/C=C\C[C@H]1[C@@H](/C=C/[C@H](O)CCCCC(=O)O)[C@@H](O)C[C@H]1O. The lowest BCUT2D eigenvalue weighted by Crippen LogP contribution is -2.20. The van der Waals surface area contributed by atoms with Gasteiger partial charge in [0.2, 0.25) is 0 Å². The summed E-state index contributed by atoms with van der Waals surface area (Å²) in [6, 6.07) is 0. The van der Waals surface area contributed by atoms with Crippen molar-refractivity contribution in [2.24, 2.45) is 11.8 Å². The molecule has 4 N–H and O–H groups in total. The van der Waals surface area contributed by atoms with E-state index in [1.807, 2.05) is 12.2 Å². The lowest BCUT2D eigenvalue weighted by molar-refractivity contribution is -0.137. The van der Waals surface area contributed by atoms with Crippen molar-refractivity contribution in [1.82, 2.24) is 0 Å². The van der Waals surface area contributed by atoms with Crippen LogP contribution in [-0.4, -0.2) is 44.7 Å². The number of aliphatic carboxylic acids is 1. The third kappa shape index (κ3) is 7.29. The second-order valence-electron chi connectivity index (χ2n) is 6.32. The summed E-state index contributed by atoms with van der Waals surface area (Å²) in [5, 5.41) is 38.7. The molecule has 1 aliphatic carbocycles. The van der Waals surface area contributed by atoms with E-state index in [0.717, 1.165) is 12.8 Å². The molecule has 0 saturated heterocycles. The molecular weight excluding hydrogens is 296 g/mol. The second kappa shape index (κ2) is 10.6. The maximum Gasteiger partial charge on any atom is 0.303 e. The summed E-state index contributed by atoms with van der Waals surface area (Å²) < 4.78 is 0. The van der Waals surface area contributed by atoms with Crippen LogP contribution in [0.4, 0.5) is 0 Å².